The Morgan fingerprint density at radius 1 is 1.16 bits per heavy atom. The molecule has 4 rings (SSSR count). The van der Waals surface area contributed by atoms with Gasteiger partial charge in [0, 0.05) is 36.2 Å². The number of halogens is 1. The fraction of sp³-hybridized carbons (Fsp3) is 0.0526. The molecule has 0 aliphatic rings. The summed E-state index contributed by atoms with van der Waals surface area (Å²) in [6.45, 7) is 0. The highest BCUT2D eigenvalue weighted by atomic mass is 19.1. The molecule has 0 aliphatic heterocycles. The maximum atomic E-state index is 13.9. The molecule has 0 atom stereocenters. The summed E-state index contributed by atoms with van der Waals surface area (Å²) < 4.78 is 17.5. The van der Waals surface area contributed by atoms with Crippen molar-refractivity contribution in [3.8, 4) is 5.69 Å². The average Bonchev–Trinajstić information content (AvgIpc) is 3.25. The Morgan fingerprint density at radius 3 is 2.64 bits per heavy atom. The van der Waals surface area contributed by atoms with Gasteiger partial charge in [-0.15, -0.1) is 0 Å². The second kappa shape index (κ2) is 5.90. The van der Waals surface area contributed by atoms with Crippen LogP contribution in [-0.4, -0.2) is 20.0 Å². The van der Waals surface area contributed by atoms with Gasteiger partial charge in [-0.2, -0.15) is 0 Å². The van der Waals surface area contributed by atoms with Gasteiger partial charge in [0.25, 0.3) is 5.91 Å². The topological polar surface area (TPSA) is 51.9 Å². The molecule has 0 bridgehead atoms. The molecule has 2 aromatic carbocycles. The number of amides is 1. The summed E-state index contributed by atoms with van der Waals surface area (Å²) in [4.78, 5) is 16.6. The van der Waals surface area contributed by atoms with Crippen LogP contribution in [0.25, 0.3) is 16.6 Å². The minimum atomic E-state index is -0.336. The molecule has 0 fully saturated rings. The average molecular weight is 334 g/mol. The fourth-order valence-corrected chi connectivity index (χ4v) is 2.87. The van der Waals surface area contributed by atoms with Crippen LogP contribution in [0.2, 0.25) is 0 Å². The van der Waals surface area contributed by atoms with Crippen LogP contribution in [0.5, 0.6) is 0 Å². The first-order chi connectivity index (χ1) is 12.1. The van der Waals surface area contributed by atoms with Crippen molar-refractivity contribution < 1.29 is 9.18 Å². The third kappa shape index (κ3) is 2.67. The van der Waals surface area contributed by atoms with Gasteiger partial charge >= 0.3 is 0 Å². The molecular weight excluding hydrogens is 319 g/mol. The van der Waals surface area contributed by atoms with Crippen molar-refractivity contribution in [2.75, 3.05) is 5.32 Å². The summed E-state index contributed by atoms with van der Waals surface area (Å²) in [6, 6.07) is 13.8. The second-order valence-corrected chi connectivity index (χ2v) is 5.73. The lowest BCUT2D eigenvalue weighted by Gasteiger charge is -2.08. The number of hydrogen-bond acceptors (Lipinski definition) is 2. The quantitative estimate of drug-likeness (QED) is 0.620. The third-order valence-electron chi connectivity index (χ3n) is 4.19. The first kappa shape index (κ1) is 15.1. The molecule has 0 spiro atoms. The van der Waals surface area contributed by atoms with E-state index in [2.05, 4.69) is 10.3 Å². The lowest BCUT2D eigenvalue weighted by Crippen LogP contribution is -2.15. The van der Waals surface area contributed by atoms with Crippen LogP contribution in [0, 0.1) is 5.82 Å². The Hall–Kier alpha value is -3.41. The van der Waals surface area contributed by atoms with Crippen LogP contribution in [0.1, 0.15) is 10.5 Å². The number of aromatic nitrogens is 3. The van der Waals surface area contributed by atoms with Crippen LogP contribution in [-0.2, 0) is 7.05 Å². The number of imidazole rings is 1. The number of rotatable bonds is 3. The first-order valence-electron chi connectivity index (χ1n) is 7.77. The Balaban J connectivity index is 1.60. The molecule has 2 heterocycles. The summed E-state index contributed by atoms with van der Waals surface area (Å²) in [5.41, 5.74) is 2.70. The number of anilines is 1. The number of fused-ring (bicyclic) bond motifs is 1. The standard InChI is InChI=1S/C19H15FN4O/c1-23-17-4-2-3-16(20)15(17)11-18(23)19(25)22-13-5-7-14(8-6-13)24-10-9-21-12-24/h2-12H,1H3,(H,22,25). The Labute approximate surface area is 143 Å². The van der Waals surface area contributed by atoms with E-state index in [4.69, 9.17) is 0 Å². The van der Waals surface area contributed by atoms with Gasteiger partial charge in [0.2, 0.25) is 0 Å². The summed E-state index contributed by atoms with van der Waals surface area (Å²) in [5, 5.41) is 3.28. The van der Waals surface area contributed by atoms with Crippen molar-refractivity contribution in [1.29, 1.82) is 0 Å². The van der Waals surface area contributed by atoms with Gasteiger partial charge in [-0.25, -0.2) is 9.37 Å². The number of nitrogens with one attached hydrogen (secondary N) is 1. The molecule has 1 N–H and O–H groups in total. The minimum absolute atomic E-state index is 0.284. The first-order valence-corrected chi connectivity index (χ1v) is 7.77. The molecule has 0 saturated heterocycles. The molecule has 5 nitrogen and oxygen atoms in total. The normalized spacial score (nSPS) is 11.0. The number of carbonyl (C=O) groups excluding carboxylic acids is 1. The molecule has 1 amide bonds. The molecule has 0 radical (unpaired) electrons. The van der Waals surface area contributed by atoms with E-state index in [0.29, 0.717) is 22.3 Å². The maximum absolute atomic E-state index is 13.9. The van der Waals surface area contributed by atoms with Crippen LogP contribution < -0.4 is 5.32 Å². The largest absolute Gasteiger partial charge is 0.340 e. The van der Waals surface area contributed by atoms with Crippen LogP contribution in [0.15, 0.2) is 67.3 Å². The Bertz CT molecular complexity index is 1050. The van der Waals surface area contributed by atoms with Crippen molar-refractivity contribution in [1.82, 2.24) is 14.1 Å². The van der Waals surface area contributed by atoms with Crippen molar-refractivity contribution in [2.24, 2.45) is 7.05 Å². The number of hydrogen-bond donors (Lipinski definition) is 1. The van der Waals surface area contributed by atoms with E-state index in [-0.39, 0.29) is 11.7 Å². The highest BCUT2D eigenvalue weighted by Crippen LogP contribution is 2.22. The second-order valence-electron chi connectivity index (χ2n) is 5.73. The SMILES string of the molecule is Cn1c(C(=O)Nc2ccc(-n3ccnc3)cc2)cc2c(F)cccc21. The third-order valence-corrected chi connectivity index (χ3v) is 4.19. The molecule has 0 saturated carbocycles. The van der Waals surface area contributed by atoms with Gasteiger partial charge in [0.15, 0.2) is 0 Å². The number of nitrogens with zero attached hydrogens (tertiary/aromatic N) is 3. The van der Waals surface area contributed by atoms with Gasteiger partial charge in [-0.05, 0) is 42.5 Å². The van der Waals surface area contributed by atoms with Crippen molar-refractivity contribution in [3.05, 3.63) is 78.8 Å². The van der Waals surface area contributed by atoms with Crippen LogP contribution in [0.3, 0.4) is 0 Å². The molecule has 2 aromatic heterocycles. The Kier molecular flexibility index (Phi) is 3.57. The van der Waals surface area contributed by atoms with E-state index in [1.54, 1.807) is 42.3 Å². The van der Waals surface area contributed by atoms with Crippen molar-refractivity contribution in [3.63, 3.8) is 0 Å². The van der Waals surface area contributed by atoms with E-state index in [1.807, 2.05) is 35.0 Å². The van der Waals surface area contributed by atoms with Crippen LogP contribution >= 0.6 is 0 Å². The Morgan fingerprint density at radius 2 is 1.96 bits per heavy atom. The molecule has 124 valence electrons. The van der Waals surface area contributed by atoms with E-state index < -0.39 is 0 Å². The summed E-state index contributed by atoms with van der Waals surface area (Å²) in [5.74, 6) is -0.620. The monoisotopic (exact) mass is 334 g/mol. The predicted molar refractivity (Wildman–Crippen MR) is 94.4 cm³/mol. The molecule has 25 heavy (non-hydrogen) atoms. The zero-order valence-corrected chi connectivity index (χ0v) is 13.5. The van der Waals surface area contributed by atoms with E-state index >= 15 is 0 Å². The fourth-order valence-electron chi connectivity index (χ4n) is 2.87. The highest BCUT2D eigenvalue weighted by molar-refractivity contribution is 6.06. The predicted octanol–water partition coefficient (Wildman–Crippen LogP) is 3.76. The van der Waals surface area contributed by atoms with Gasteiger partial charge < -0.3 is 14.5 Å². The van der Waals surface area contributed by atoms with Crippen molar-refractivity contribution >= 4 is 22.5 Å². The van der Waals surface area contributed by atoms with Crippen LogP contribution in [0.4, 0.5) is 10.1 Å². The summed E-state index contributed by atoms with van der Waals surface area (Å²) in [6.07, 6.45) is 5.25. The van der Waals surface area contributed by atoms with Gasteiger partial charge in [0.05, 0.1) is 11.8 Å². The lowest BCUT2D eigenvalue weighted by molar-refractivity contribution is 0.102. The van der Waals surface area contributed by atoms with Gasteiger partial charge in [-0.3, -0.25) is 4.79 Å². The minimum Gasteiger partial charge on any atom is -0.340 e. The zero-order valence-electron chi connectivity index (χ0n) is 13.5. The molecule has 4 aromatic rings. The summed E-state index contributed by atoms with van der Waals surface area (Å²) in [7, 11) is 1.75. The lowest BCUT2D eigenvalue weighted by atomic mass is 10.2. The van der Waals surface area contributed by atoms with E-state index in [0.717, 1.165) is 5.69 Å². The molecule has 0 unspecified atom stereocenters. The molecular formula is C19H15FN4O. The number of benzene rings is 2. The van der Waals surface area contributed by atoms with Gasteiger partial charge in [-0.1, -0.05) is 6.07 Å². The van der Waals surface area contributed by atoms with Crippen molar-refractivity contribution in [2.45, 2.75) is 0 Å². The number of carbonyl (C=O) groups is 1. The highest BCUT2D eigenvalue weighted by Gasteiger charge is 2.15. The smallest absolute Gasteiger partial charge is 0.272 e. The van der Waals surface area contributed by atoms with E-state index in [9.17, 15) is 9.18 Å². The summed E-state index contributed by atoms with van der Waals surface area (Å²) >= 11 is 0. The van der Waals surface area contributed by atoms with E-state index in [1.165, 1.54) is 6.07 Å². The van der Waals surface area contributed by atoms with Gasteiger partial charge in [0.1, 0.15) is 11.5 Å². The maximum Gasteiger partial charge on any atom is 0.272 e. The molecule has 6 heteroatoms. The zero-order chi connectivity index (χ0) is 17.4. The number of aryl methyl sites for hydroxylation is 1. The molecule has 0 aliphatic carbocycles.